The molecule has 0 fully saturated rings. The summed E-state index contributed by atoms with van der Waals surface area (Å²) in [7, 11) is 1.62. The Labute approximate surface area is 106 Å². The van der Waals surface area contributed by atoms with Gasteiger partial charge < -0.3 is 4.74 Å². The molecule has 0 aliphatic carbocycles. The third-order valence-electron chi connectivity index (χ3n) is 2.78. The summed E-state index contributed by atoms with van der Waals surface area (Å²) in [5.74, 6) is 6.36. The predicted molar refractivity (Wildman–Crippen MR) is 68.8 cm³/mol. The fourth-order valence-electron chi connectivity index (χ4n) is 1.86. The van der Waals surface area contributed by atoms with E-state index in [0.29, 0.717) is 0 Å². The molecule has 0 saturated heterocycles. The number of aromatic nitrogens is 2. The molecule has 0 aliphatic rings. The Morgan fingerprint density at radius 2 is 2.11 bits per heavy atom. The van der Waals surface area contributed by atoms with Crippen molar-refractivity contribution in [3.8, 4) is 5.75 Å². The summed E-state index contributed by atoms with van der Waals surface area (Å²) in [5.41, 5.74) is 4.90. The number of hydrogen-bond acceptors (Lipinski definition) is 5. The lowest BCUT2D eigenvalue weighted by Crippen LogP contribution is -2.30. The maximum atomic E-state index is 5.63. The van der Waals surface area contributed by atoms with Gasteiger partial charge in [0, 0.05) is 24.2 Å². The van der Waals surface area contributed by atoms with Gasteiger partial charge in [-0.1, -0.05) is 6.07 Å². The molecule has 2 rings (SSSR count). The van der Waals surface area contributed by atoms with Crippen LogP contribution in [0.1, 0.15) is 17.2 Å². The van der Waals surface area contributed by atoms with Gasteiger partial charge in [-0.2, -0.15) is 0 Å². The van der Waals surface area contributed by atoms with Crippen LogP contribution >= 0.6 is 0 Å². The van der Waals surface area contributed by atoms with Gasteiger partial charge in [0.05, 0.1) is 19.3 Å². The molecule has 2 aromatic rings. The first kappa shape index (κ1) is 12.5. The number of pyridine rings is 2. The highest BCUT2D eigenvalue weighted by Crippen LogP contribution is 2.25. The number of ether oxygens (including phenoxy) is 1. The van der Waals surface area contributed by atoms with Gasteiger partial charge in [0.2, 0.25) is 0 Å². The number of nitrogens with zero attached hydrogens (tertiary/aromatic N) is 2. The fraction of sp³-hybridized carbons (Fsp3) is 0.231. The molecule has 0 amide bonds. The molecule has 5 nitrogen and oxygen atoms in total. The van der Waals surface area contributed by atoms with Crippen molar-refractivity contribution in [1.29, 1.82) is 0 Å². The zero-order valence-electron chi connectivity index (χ0n) is 10.2. The Hall–Kier alpha value is -1.98. The average Bonchev–Trinajstić information content (AvgIpc) is 2.46. The summed E-state index contributed by atoms with van der Waals surface area (Å²) in [6.45, 7) is 0. The minimum absolute atomic E-state index is 0.0350. The SMILES string of the molecule is COc1cnccc1C(Cc1cccnc1)NN. The number of hydrogen-bond donors (Lipinski definition) is 2. The van der Waals surface area contributed by atoms with Crippen LogP contribution in [-0.2, 0) is 6.42 Å². The standard InChI is InChI=1S/C13H16N4O/c1-18-13-9-16-6-4-11(13)12(17-14)7-10-3-2-5-15-8-10/h2-6,8-9,12,17H,7,14H2,1H3. The van der Waals surface area contributed by atoms with Gasteiger partial charge in [-0.25, -0.2) is 0 Å². The van der Waals surface area contributed by atoms with Crippen LogP contribution in [0.3, 0.4) is 0 Å². The van der Waals surface area contributed by atoms with Gasteiger partial charge in [0.25, 0.3) is 0 Å². The smallest absolute Gasteiger partial charge is 0.141 e. The first-order valence-electron chi connectivity index (χ1n) is 5.68. The molecule has 2 aromatic heterocycles. The Kier molecular flexibility index (Phi) is 4.22. The zero-order valence-corrected chi connectivity index (χ0v) is 10.2. The molecular weight excluding hydrogens is 228 g/mol. The van der Waals surface area contributed by atoms with Crippen molar-refractivity contribution in [1.82, 2.24) is 15.4 Å². The van der Waals surface area contributed by atoms with Crippen LogP contribution in [0.2, 0.25) is 0 Å². The molecule has 3 N–H and O–H groups in total. The van der Waals surface area contributed by atoms with Crippen molar-refractivity contribution in [3.63, 3.8) is 0 Å². The van der Waals surface area contributed by atoms with E-state index in [-0.39, 0.29) is 6.04 Å². The van der Waals surface area contributed by atoms with Crippen molar-refractivity contribution < 1.29 is 4.74 Å². The highest BCUT2D eigenvalue weighted by Gasteiger charge is 2.15. The summed E-state index contributed by atoms with van der Waals surface area (Å²) in [5, 5.41) is 0. The van der Waals surface area contributed by atoms with Crippen LogP contribution in [0.5, 0.6) is 5.75 Å². The summed E-state index contributed by atoms with van der Waals surface area (Å²) in [6, 6.07) is 5.80. The van der Waals surface area contributed by atoms with Crippen molar-refractivity contribution >= 4 is 0 Å². The van der Waals surface area contributed by atoms with Crippen LogP contribution in [0.4, 0.5) is 0 Å². The van der Waals surface area contributed by atoms with Gasteiger partial charge in [0.15, 0.2) is 0 Å². The molecule has 0 aliphatic heterocycles. The molecule has 5 heteroatoms. The minimum Gasteiger partial charge on any atom is -0.495 e. The van der Waals surface area contributed by atoms with Gasteiger partial charge in [-0.15, -0.1) is 0 Å². The number of rotatable bonds is 5. The lowest BCUT2D eigenvalue weighted by Gasteiger charge is -2.18. The molecule has 94 valence electrons. The number of nitrogens with one attached hydrogen (secondary N) is 1. The predicted octanol–water partition coefficient (Wildman–Crippen LogP) is 1.23. The van der Waals surface area contributed by atoms with Crippen molar-refractivity contribution in [2.24, 2.45) is 5.84 Å². The summed E-state index contributed by atoms with van der Waals surface area (Å²) in [6.07, 6.45) is 7.73. The summed E-state index contributed by atoms with van der Waals surface area (Å²) >= 11 is 0. The molecular formula is C13H16N4O. The maximum absolute atomic E-state index is 5.63. The van der Waals surface area contributed by atoms with E-state index in [9.17, 15) is 0 Å². The van der Waals surface area contributed by atoms with Crippen LogP contribution < -0.4 is 16.0 Å². The molecule has 2 heterocycles. The largest absolute Gasteiger partial charge is 0.495 e. The third-order valence-corrected chi connectivity index (χ3v) is 2.78. The summed E-state index contributed by atoms with van der Waals surface area (Å²) < 4.78 is 5.29. The van der Waals surface area contributed by atoms with Crippen molar-refractivity contribution in [2.45, 2.75) is 12.5 Å². The van der Waals surface area contributed by atoms with Crippen molar-refractivity contribution in [2.75, 3.05) is 7.11 Å². The Bertz CT molecular complexity index is 489. The molecule has 18 heavy (non-hydrogen) atoms. The monoisotopic (exact) mass is 244 g/mol. The highest BCUT2D eigenvalue weighted by atomic mass is 16.5. The molecule has 0 radical (unpaired) electrons. The molecule has 0 aromatic carbocycles. The van der Waals surface area contributed by atoms with E-state index in [4.69, 9.17) is 10.6 Å². The molecule has 1 atom stereocenters. The Morgan fingerprint density at radius 3 is 2.78 bits per heavy atom. The van der Waals surface area contributed by atoms with E-state index >= 15 is 0 Å². The first-order valence-corrected chi connectivity index (χ1v) is 5.68. The van der Waals surface area contributed by atoms with E-state index in [1.54, 1.807) is 25.7 Å². The second-order valence-corrected chi connectivity index (χ2v) is 3.90. The quantitative estimate of drug-likeness (QED) is 0.611. The topological polar surface area (TPSA) is 73.1 Å². The van der Waals surface area contributed by atoms with E-state index < -0.39 is 0 Å². The van der Waals surface area contributed by atoms with Crippen LogP contribution in [0.15, 0.2) is 43.0 Å². The van der Waals surface area contributed by atoms with Gasteiger partial charge in [-0.05, 0) is 24.1 Å². The van der Waals surface area contributed by atoms with Crippen LogP contribution in [0, 0.1) is 0 Å². The van der Waals surface area contributed by atoms with E-state index in [2.05, 4.69) is 15.4 Å². The second-order valence-electron chi connectivity index (χ2n) is 3.90. The first-order chi connectivity index (χ1) is 8.85. The number of nitrogens with two attached hydrogens (primary N) is 1. The van der Waals surface area contributed by atoms with Gasteiger partial charge in [-0.3, -0.25) is 21.2 Å². The maximum Gasteiger partial charge on any atom is 0.141 e. The molecule has 0 saturated carbocycles. The average molecular weight is 244 g/mol. The van der Waals surface area contributed by atoms with Gasteiger partial charge in [0.1, 0.15) is 5.75 Å². The Balaban J connectivity index is 2.23. The highest BCUT2D eigenvalue weighted by molar-refractivity contribution is 5.33. The van der Waals surface area contributed by atoms with E-state index in [1.807, 2.05) is 24.4 Å². The zero-order chi connectivity index (χ0) is 12.8. The van der Waals surface area contributed by atoms with E-state index in [0.717, 1.165) is 23.3 Å². The molecule has 0 bridgehead atoms. The second kappa shape index (κ2) is 6.09. The minimum atomic E-state index is -0.0350. The van der Waals surface area contributed by atoms with E-state index in [1.165, 1.54) is 0 Å². The number of hydrazine groups is 1. The molecule has 0 spiro atoms. The number of methoxy groups -OCH3 is 1. The molecule has 1 unspecified atom stereocenters. The van der Waals surface area contributed by atoms with Gasteiger partial charge >= 0.3 is 0 Å². The fourth-order valence-corrected chi connectivity index (χ4v) is 1.86. The lowest BCUT2D eigenvalue weighted by atomic mass is 10.0. The lowest BCUT2D eigenvalue weighted by molar-refractivity contribution is 0.397. The van der Waals surface area contributed by atoms with Crippen LogP contribution in [-0.4, -0.2) is 17.1 Å². The van der Waals surface area contributed by atoms with Crippen molar-refractivity contribution in [3.05, 3.63) is 54.1 Å². The normalized spacial score (nSPS) is 12.1. The third kappa shape index (κ3) is 2.82. The van der Waals surface area contributed by atoms with Crippen LogP contribution in [0.25, 0.3) is 0 Å². The summed E-state index contributed by atoms with van der Waals surface area (Å²) in [4.78, 5) is 8.13. The Morgan fingerprint density at radius 1 is 1.28 bits per heavy atom.